The number of furan rings is 1. The monoisotopic (exact) mass is 384 g/mol. The third-order valence-corrected chi connectivity index (χ3v) is 3.84. The van der Waals surface area contributed by atoms with Crippen LogP contribution in [0.25, 0.3) is 0 Å². The Morgan fingerprint density at radius 2 is 1.82 bits per heavy atom. The Balaban J connectivity index is 1.76. The van der Waals surface area contributed by atoms with Crippen LogP contribution in [0.15, 0.2) is 47.3 Å². The molecule has 2 aromatic heterocycles. The smallest absolute Gasteiger partial charge is 0.270 e. The van der Waals surface area contributed by atoms with Crippen LogP contribution in [0.3, 0.4) is 0 Å². The van der Waals surface area contributed by atoms with Crippen LogP contribution in [-0.2, 0) is 6.54 Å². The molecule has 0 saturated heterocycles. The van der Waals surface area contributed by atoms with Gasteiger partial charge >= 0.3 is 0 Å². The third-order valence-electron chi connectivity index (χ3n) is 3.84. The number of carbonyl (C=O) groups excluding carboxylic acids is 1. The first-order valence-corrected chi connectivity index (χ1v) is 8.34. The summed E-state index contributed by atoms with van der Waals surface area (Å²) < 4.78 is 21.2. The van der Waals surface area contributed by atoms with E-state index in [0.717, 1.165) is 0 Å². The molecule has 0 fully saturated rings. The van der Waals surface area contributed by atoms with Crippen LogP contribution in [-0.4, -0.2) is 37.2 Å². The van der Waals surface area contributed by atoms with Gasteiger partial charge in [0, 0.05) is 23.9 Å². The summed E-state index contributed by atoms with van der Waals surface area (Å²) in [6.07, 6.45) is 2.85. The summed E-state index contributed by atoms with van der Waals surface area (Å²) in [5, 5.41) is 5.84. The molecular formula is C19H20N4O5. The summed E-state index contributed by atoms with van der Waals surface area (Å²) in [6.45, 7) is 0.269. The van der Waals surface area contributed by atoms with E-state index >= 15 is 0 Å². The normalized spacial score (nSPS) is 10.2. The molecule has 1 amide bonds. The van der Waals surface area contributed by atoms with Crippen LogP contribution in [0.2, 0.25) is 0 Å². The fraction of sp³-hybridized carbons (Fsp3) is 0.211. The third kappa shape index (κ3) is 4.32. The van der Waals surface area contributed by atoms with Crippen LogP contribution in [0, 0.1) is 0 Å². The van der Waals surface area contributed by atoms with Crippen molar-refractivity contribution in [1.82, 2.24) is 15.3 Å². The van der Waals surface area contributed by atoms with Crippen LogP contribution in [0.4, 0.5) is 11.5 Å². The topological polar surface area (TPSA) is 108 Å². The summed E-state index contributed by atoms with van der Waals surface area (Å²) in [5.74, 6) is 2.22. The average molecular weight is 384 g/mol. The number of ether oxygens (including phenoxy) is 3. The molecule has 0 unspecified atom stereocenters. The van der Waals surface area contributed by atoms with Crippen molar-refractivity contribution in [2.45, 2.75) is 6.54 Å². The van der Waals surface area contributed by atoms with Crippen molar-refractivity contribution in [1.29, 1.82) is 0 Å². The van der Waals surface area contributed by atoms with E-state index < -0.39 is 0 Å². The van der Waals surface area contributed by atoms with Gasteiger partial charge in [0.2, 0.25) is 5.75 Å². The highest BCUT2D eigenvalue weighted by molar-refractivity contribution is 5.92. The van der Waals surface area contributed by atoms with Gasteiger partial charge in [0.1, 0.15) is 23.6 Å². The number of anilines is 2. The lowest BCUT2D eigenvalue weighted by atomic mass is 10.2. The highest BCUT2D eigenvalue weighted by atomic mass is 16.5. The maximum Gasteiger partial charge on any atom is 0.270 e. The molecule has 0 radical (unpaired) electrons. The molecule has 9 heteroatoms. The first-order chi connectivity index (χ1) is 13.6. The molecule has 28 heavy (non-hydrogen) atoms. The molecule has 2 heterocycles. The number of benzene rings is 1. The summed E-state index contributed by atoms with van der Waals surface area (Å²) in [4.78, 5) is 20.5. The van der Waals surface area contributed by atoms with Gasteiger partial charge < -0.3 is 29.3 Å². The number of amides is 1. The van der Waals surface area contributed by atoms with Gasteiger partial charge in [-0.3, -0.25) is 4.79 Å². The van der Waals surface area contributed by atoms with Crippen LogP contribution in [0.5, 0.6) is 17.2 Å². The summed E-state index contributed by atoms with van der Waals surface area (Å²) in [5.41, 5.74) is 0.867. The van der Waals surface area contributed by atoms with Gasteiger partial charge in [-0.25, -0.2) is 9.97 Å². The molecule has 146 valence electrons. The second-order valence-electron chi connectivity index (χ2n) is 5.59. The minimum Gasteiger partial charge on any atom is -0.493 e. The Morgan fingerprint density at radius 1 is 1.07 bits per heavy atom. The number of hydrogen-bond acceptors (Lipinski definition) is 8. The Labute approximate surface area is 161 Å². The molecule has 9 nitrogen and oxygen atoms in total. The molecule has 3 rings (SSSR count). The van der Waals surface area contributed by atoms with E-state index in [1.165, 1.54) is 27.7 Å². The van der Waals surface area contributed by atoms with Gasteiger partial charge in [-0.2, -0.15) is 0 Å². The van der Waals surface area contributed by atoms with Crippen molar-refractivity contribution in [2.24, 2.45) is 0 Å². The lowest BCUT2D eigenvalue weighted by Crippen LogP contribution is -2.23. The molecule has 0 aliphatic carbocycles. The molecule has 0 aliphatic heterocycles. The molecule has 0 spiro atoms. The molecule has 0 saturated carbocycles. The van der Waals surface area contributed by atoms with Crippen molar-refractivity contribution in [3.63, 3.8) is 0 Å². The van der Waals surface area contributed by atoms with E-state index in [4.69, 9.17) is 18.6 Å². The Kier molecular flexibility index (Phi) is 5.95. The SMILES string of the molecule is COc1cc(Nc2cc(C(=O)NCc3ccco3)ncn2)cc(OC)c1OC. The number of aromatic nitrogens is 2. The first kappa shape index (κ1) is 19.0. The average Bonchev–Trinajstić information content (AvgIpc) is 3.25. The number of carbonyl (C=O) groups is 1. The summed E-state index contributed by atoms with van der Waals surface area (Å²) in [7, 11) is 4.60. The fourth-order valence-electron chi connectivity index (χ4n) is 2.52. The zero-order valence-corrected chi connectivity index (χ0v) is 15.7. The standard InChI is InChI=1S/C19H20N4O5/c1-25-15-7-12(8-16(26-2)18(15)27-3)23-17-9-14(21-11-22-17)19(24)20-10-13-5-4-6-28-13/h4-9,11H,10H2,1-3H3,(H,20,24)(H,21,22,23). The van der Waals surface area contributed by atoms with Gasteiger partial charge in [-0.1, -0.05) is 0 Å². The molecule has 0 atom stereocenters. The highest BCUT2D eigenvalue weighted by Gasteiger charge is 2.14. The van der Waals surface area contributed by atoms with Crippen LogP contribution in [0.1, 0.15) is 16.2 Å². The minimum atomic E-state index is -0.341. The van der Waals surface area contributed by atoms with Crippen LogP contribution >= 0.6 is 0 Å². The van der Waals surface area contributed by atoms with Gasteiger partial charge in [0.05, 0.1) is 34.1 Å². The van der Waals surface area contributed by atoms with E-state index in [2.05, 4.69) is 20.6 Å². The predicted molar refractivity (Wildman–Crippen MR) is 101 cm³/mol. The molecule has 0 aliphatic rings. The van der Waals surface area contributed by atoms with Gasteiger partial charge in [-0.05, 0) is 12.1 Å². The molecule has 3 aromatic rings. The lowest BCUT2D eigenvalue weighted by Gasteiger charge is -2.15. The second kappa shape index (κ2) is 8.76. The van der Waals surface area contributed by atoms with E-state index in [9.17, 15) is 4.79 Å². The predicted octanol–water partition coefficient (Wildman–Crippen LogP) is 2.77. The quantitative estimate of drug-likeness (QED) is 0.610. The van der Waals surface area contributed by atoms with Crippen LogP contribution < -0.4 is 24.8 Å². The lowest BCUT2D eigenvalue weighted by molar-refractivity contribution is 0.0943. The zero-order chi connectivity index (χ0) is 19.9. The Hall–Kier alpha value is -3.75. The summed E-state index contributed by atoms with van der Waals surface area (Å²) >= 11 is 0. The van der Waals surface area contributed by atoms with Crippen molar-refractivity contribution in [2.75, 3.05) is 26.6 Å². The highest BCUT2D eigenvalue weighted by Crippen LogP contribution is 2.40. The van der Waals surface area contributed by atoms with Crippen molar-refractivity contribution in [3.8, 4) is 17.2 Å². The van der Waals surface area contributed by atoms with Crippen molar-refractivity contribution in [3.05, 3.63) is 54.4 Å². The fourth-order valence-corrected chi connectivity index (χ4v) is 2.52. The Morgan fingerprint density at radius 3 is 2.43 bits per heavy atom. The van der Waals surface area contributed by atoms with Gasteiger partial charge in [-0.15, -0.1) is 0 Å². The number of rotatable bonds is 8. The molecular weight excluding hydrogens is 364 g/mol. The number of methoxy groups -OCH3 is 3. The number of hydrogen-bond donors (Lipinski definition) is 2. The maximum absolute atomic E-state index is 12.3. The van der Waals surface area contributed by atoms with E-state index in [-0.39, 0.29) is 18.1 Å². The minimum absolute atomic E-state index is 0.219. The van der Waals surface area contributed by atoms with Crippen molar-refractivity contribution < 1.29 is 23.4 Å². The summed E-state index contributed by atoms with van der Waals surface area (Å²) in [6, 6.07) is 8.55. The zero-order valence-electron chi connectivity index (χ0n) is 15.7. The molecule has 2 N–H and O–H groups in total. The largest absolute Gasteiger partial charge is 0.493 e. The van der Waals surface area contributed by atoms with Gasteiger partial charge in [0.15, 0.2) is 11.5 Å². The number of nitrogens with zero attached hydrogens (tertiary/aromatic N) is 2. The Bertz CT molecular complexity index is 918. The first-order valence-electron chi connectivity index (χ1n) is 8.34. The van der Waals surface area contributed by atoms with Crippen molar-refractivity contribution >= 4 is 17.4 Å². The second-order valence-corrected chi connectivity index (χ2v) is 5.59. The van der Waals surface area contributed by atoms with E-state index in [1.807, 2.05) is 0 Å². The van der Waals surface area contributed by atoms with E-state index in [0.29, 0.717) is 34.5 Å². The molecule has 0 bridgehead atoms. The van der Waals surface area contributed by atoms with Gasteiger partial charge in [0.25, 0.3) is 5.91 Å². The van der Waals surface area contributed by atoms with E-state index in [1.54, 1.807) is 36.6 Å². The number of nitrogens with one attached hydrogen (secondary N) is 2. The maximum atomic E-state index is 12.3. The molecule has 1 aromatic carbocycles.